The van der Waals surface area contributed by atoms with Crippen LogP contribution in [0.15, 0.2) is 30.3 Å². The highest BCUT2D eigenvalue weighted by Crippen LogP contribution is 2.04. The van der Waals surface area contributed by atoms with E-state index in [1.165, 1.54) is 12.1 Å². The van der Waals surface area contributed by atoms with E-state index in [2.05, 4.69) is 4.90 Å². The summed E-state index contributed by atoms with van der Waals surface area (Å²) < 4.78 is 12.7. The van der Waals surface area contributed by atoms with Gasteiger partial charge in [0.1, 0.15) is 5.82 Å². The molecule has 0 radical (unpaired) electrons. The molecule has 0 heterocycles. The van der Waals surface area contributed by atoms with Gasteiger partial charge in [-0.05, 0) is 24.1 Å². The molecule has 1 aromatic carbocycles. The maximum atomic E-state index is 12.7. The Morgan fingerprint density at radius 2 is 1.78 bits per heavy atom. The Balaban J connectivity index is 2.42. The van der Waals surface area contributed by atoms with Crippen molar-refractivity contribution in [3.63, 3.8) is 0 Å². The van der Waals surface area contributed by atoms with Gasteiger partial charge in [-0.3, -0.25) is 4.90 Å². The van der Waals surface area contributed by atoms with E-state index in [1.807, 2.05) is 12.2 Å². The van der Waals surface area contributed by atoms with E-state index in [0.29, 0.717) is 19.5 Å². The first kappa shape index (κ1) is 14.8. The first-order valence-corrected chi connectivity index (χ1v) is 6.12. The van der Waals surface area contributed by atoms with Gasteiger partial charge >= 0.3 is 0 Å². The molecule has 0 amide bonds. The number of hydrogen-bond donors (Lipinski definition) is 2. The van der Waals surface area contributed by atoms with Gasteiger partial charge in [0.2, 0.25) is 0 Å². The van der Waals surface area contributed by atoms with Gasteiger partial charge in [0.05, 0.1) is 6.61 Å². The van der Waals surface area contributed by atoms with Gasteiger partial charge in [-0.15, -0.1) is 0 Å². The summed E-state index contributed by atoms with van der Waals surface area (Å²) in [5.41, 5.74) is 0.947. The van der Waals surface area contributed by atoms with Crippen LogP contribution in [0.25, 0.3) is 6.08 Å². The highest BCUT2D eigenvalue weighted by molar-refractivity contribution is 5.48. The zero-order chi connectivity index (χ0) is 13.2. The molecule has 2 N–H and O–H groups in total. The molecule has 1 rings (SSSR count). The van der Waals surface area contributed by atoms with Crippen LogP contribution in [0.1, 0.15) is 12.0 Å². The second-order valence-corrected chi connectivity index (χ2v) is 4.06. The second kappa shape index (κ2) is 8.80. The first-order valence-electron chi connectivity index (χ1n) is 6.12. The molecule has 18 heavy (non-hydrogen) atoms. The SMILES string of the molecule is OCCCN(C/C=C/c1ccc(F)cc1)CCO. The molecule has 1 aromatic rings. The number of aliphatic hydroxyl groups excluding tert-OH is 2. The van der Waals surface area contributed by atoms with Crippen LogP contribution in [0.4, 0.5) is 4.39 Å². The molecular formula is C14H20FNO2. The van der Waals surface area contributed by atoms with Gasteiger partial charge in [0, 0.05) is 26.2 Å². The molecule has 3 nitrogen and oxygen atoms in total. The number of aliphatic hydroxyl groups is 2. The van der Waals surface area contributed by atoms with E-state index < -0.39 is 0 Å². The van der Waals surface area contributed by atoms with Crippen LogP contribution in [0.5, 0.6) is 0 Å². The maximum Gasteiger partial charge on any atom is 0.123 e. The Morgan fingerprint density at radius 3 is 2.39 bits per heavy atom. The molecule has 0 aliphatic carbocycles. The van der Waals surface area contributed by atoms with Crippen LogP contribution < -0.4 is 0 Å². The highest BCUT2D eigenvalue weighted by Gasteiger charge is 2.00. The lowest BCUT2D eigenvalue weighted by atomic mass is 10.2. The molecule has 0 spiro atoms. The summed E-state index contributed by atoms with van der Waals surface area (Å²) in [5.74, 6) is -0.239. The fourth-order valence-electron chi connectivity index (χ4n) is 1.64. The fraction of sp³-hybridized carbons (Fsp3) is 0.429. The monoisotopic (exact) mass is 253 g/mol. The zero-order valence-corrected chi connectivity index (χ0v) is 10.4. The molecule has 0 saturated heterocycles. The van der Waals surface area contributed by atoms with Crippen LogP contribution in [0, 0.1) is 5.82 Å². The average Bonchev–Trinajstić information content (AvgIpc) is 2.38. The third-order valence-electron chi connectivity index (χ3n) is 2.59. The molecular weight excluding hydrogens is 233 g/mol. The maximum absolute atomic E-state index is 12.7. The van der Waals surface area contributed by atoms with Crippen molar-refractivity contribution in [2.75, 3.05) is 32.8 Å². The summed E-state index contributed by atoms with van der Waals surface area (Å²) in [5, 5.41) is 17.7. The molecule has 0 unspecified atom stereocenters. The number of hydrogen-bond acceptors (Lipinski definition) is 3. The molecule has 0 saturated carbocycles. The van der Waals surface area contributed by atoms with Gasteiger partial charge in [-0.1, -0.05) is 24.3 Å². The number of nitrogens with zero attached hydrogens (tertiary/aromatic N) is 1. The lowest BCUT2D eigenvalue weighted by Crippen LogP contribution is -2.28. The van der Waals surface area contributed by atoms with Crippen molar-refractivity contribution in [1.29, 1.82) is 0 Å². The van der Waals surface area contributed by atoms with E-state index in [1.54, 1.807) is 12.1 Å². The molecule has 0 aromatic heterocycles. The van der Waals surface area contributed by atoms with Crippen molar-refractivity contribution in [3.8, 4) is 0 Å². The van der Waals surface area contributed by atoms with Crippen LogP contribution in [-0.2, 0) is 0 Å². The summed E-state index contributed by atoms with van der Waals surface area (Å²) in [7, 11) is 0. The summed E-state index contributed by atoms with van der Waals surface area (Å²) in [6, 6.07) is 6.29. The van der Waals surface area contributed by atoms with Gasteiger partial charge in [0.25, 0.3) is 0 Å². The van der Waals surface area contributed by atoms with Crippen LogP contribution in [0.2, 0.25) is 0 Å². The Morgan fingerprint density at radius 1 is 1.06 bits per heavy atom. The predicted molar refractivity (Wildman–Crippen MR) is 70.7 cm³/mol. The standard InChI is InChI=1S/C14H20FNO2/c15-14-6-4-13(5-7-14)3-1-8-16(10-12-18)9-2-11-17/h1,3-7,17-18H,2,8-12H2/b3-1+. The topological polar surface area (TPSA) is 43.7 Å². The Kier molecular flexibility index (Phi) is 7.25. The van der Waals surface area contributed by atoms with E-state index in [4.69, 9.17) is 10.2 Å². The van der Waals surface area contributed by atoms with Crippen molar-refractivity contribution in [3.05, 3.63) is 41.7 Å². The molecule has 100 valence electrons. The van der Waals surface area contributed by atoms with E-state index >= 15 is 0 Å². The molecule has 0 bridgehead atoms. The van der Waals surface area contributed by atoms with Crippen molar-refractivity contribution in [1.82, 2.24) is 4.90 Å². The summed E-state index contributed by atoms with van der Waals surface area (Å²) in [4.78, 5) is 2.05. The third-order valence-corrected chi connectivity index (χ3v) is 2.59. The minimum Gasteiger partial charge on any atom is -0.396 e. The van der Waals surface area contributed by atoms with Crippen LogP contribution >= 0.6 is 0 Å². The highest BCUT2D eigenvalue weighted by atomic mass is 19.1. The number of rotatable bonds is 8. The molecule has 0 aliphatic heterocycles. The van der Waals surface area contributed by atoms with Crippen molar-refractivity contribution in [2.24, 2.45) is 0 Å². The zero-order valence-electron chi connectivity index (χ0n) is 10.4. The Bertz CT molecular complexity index is 351. The summed E-state index contributed by atoms with van der Waals surface area (Å²) in [6.07, 6.45) is 4.59. The summed E-state index contributed by atoms with van der Waals surface area (Å²) in [6.45, 7) is 2.32. The smallest absolute Gasteiger partial charge is 0.123 e. The predicted octanol–water partition coefficient (Wildman–Crippen LogP) is 1.52. The fourth-order valence-corrected chi connectivity index (χ4v) is 1.64. The lowest BCUT2D eigenvalue weighted by molar-refractivity contribution is 0.191. The Labute approximate surface area is 107 Å². The van der Waals surface area contributed by atoms with Crippen LogP contribution in [0.3, 0.4) is 0 Å². The van der Waals surface area contributed by atoms with E-state index in [0.717, 1.165) is 12.1 Å². The third kappa shape index (κ3) is 5.91. The minimum atomic E-state index is -0.239. The molecule has 0 aliphatic rings. The Hall–Kier alpha value is -1.23. The molecule has 4 heteroatoms. The number of halogens is 1. The quantitative estimate of drug-likeness (QED) is 0.738. The minimum absolute atomic E-state index is 0.107. The van der Waals surface area contributed by atoms with Gasteiger partial charge < -0.3 is 10.2 Å². The summed E-state index contributed by atoms with van der Waals surface area (Å²) >= 11 is 0. The van der Waals surface area contributed by atoms with E-state index in [9.17, 15) is 4.39 Å². The molecule has 0 fully saturated rings. The van der Waals surface area contributed by atoms with Crippen molar-refractivity contribution >= 4 is 6.08 Å². The average molecular weight is 253 g/mol. The van der Waals surface area contributed by atoms with Gasteiger partial charge in [-0.2, -0.15) is 0 Å². The van der Waals surface area contributed by atoms with Gasteiger partial charge in [0.15, 0.2) is 0 Å². The number of benzene rings is 1. The van der Waals surface area contributed by atoms with Crippen molar-refractivity contribution in [2.45, 2.75) is 6.42 Å². The second-order valence-electron chi connectivity index (χ2n) is 4.06. The molecule has 0 atom stereocenters. The first-order chi connectivity index (χ1) is 8.76. The largest absolute Gasteiger partial charge is 0.396 e. The van der Waals surface area contributed by atoms with E-state index in [-0.39, 0.29) is 19.0 Å². The van der Waals surface area contributed by atoms with Crippen LogP contribution in [-0.4, -0.2) is 48.0 Å². The normalized spacial score (nSPS) is 11.6. The lowest BCUT2D eigenvalue weighted by Gasteiger charge is -2.18. The van der Waals surface area contributed by atoms with Crippen molar-refractivity contribution < 1.29 is 14.6 Å². The van der Waals surface area contributed by atoms with Gasteiger partial charge in [-0.25, -0.2) is 4.39 Å².